The summed E-state index contributed by atoms with van der Waals surface area (Å²) in [4.78, 5) is 0. The summed E-state index contributed by atoms with van der Waals surface area (Å²) >= 11 is 0. The van der Waals surface area contributed by atoms with Gasteiger partial charge in [-0.3, -0.25) is 0 Å². The Morgan fingerprint density at radius 3 is 2.04 bits per heavy atom. The third kappa shape index (κ3) is 13.2. The Kier molecular flexibility index (Phi) is 15.1. The highest BCUT2D eigenvalue weighted by Crippen LogP contribution is 2.33. The molecule has 0 bridgehead atoms. The lowest BCUT2D eigenvalue weighted by molar-refractivity contribution is 0.244. The molecular formula is C25H46. The number of allylic oxidation sites excluding steroid dienone is 2. The van der Waals surface area contributed by atoms with Crippen LogP contribution in [0.15, 0.2) is 11.6 Å². The molecule has 2 unspecified atom stereocenters. The van der Waals surface area contributed by atoms with Gasteiger partial charge in [-0.05, 0) is 43.1 Å². The van der Waals surface area contributed by atoms with Crippen molar-refractivity contribution in [3.63, 3.8) is 0 Å². The fourth-order valence-electron chi connectivity index (χ4n) is 3.81. The summed E-state index contributed by atoms with van der Waals surface area (Å²) in [6.45, 7) is 15.9. The molecule has 0 aliphatic rings. The van der Waals surface area contributed by atoms with Crippen LogP contribution in [0.25, 0.3) is 0 Å². The van der Waals surface area contributed by atoms with Gasteiger partial charge in [-0.1, -0.05) is 111 Å². The predicted molar refractivity (Wildman–Crippen MR) is 116 cm³/mol. The van der Waals surface area contributed by atoms with Crippen LogP contribution in [0.4, 0.5) is 0 Å². The summed E-state index contributed by atoms with van der Waals surface area (Å²) < 4.78 is 0. The number of unbranched alkanes of at least 4 members (excludes halogenated alkanes) is 4. The second-order valence-corrected chi connectivity index (χ2v) is 8.58. The molecule has 25 heavy (non-hydrogen) atoms. The lowest BCUT2D eigenvalue weighted by atomic mass is 9.76. The summed E-state index contributed by atoms with van der Waals surface area (Å²) in [5.74, 6) is 9.76. The average molecular weight is 347 g/mol. The SMILES string of the molecule is C/C=C(\C#CC(C)C)CC(CC(C)C)C(CCC)CCCCCCC. The van der Waals surface area contributed by atoms with Gasteiger partial charge in [-0.25, -0.2) is 0 Å². The third-order valence-corrected chi connectivity index (χ3v) is 5.13. The number of rotatable bonds is 13. The Balaban J connectivity index is 4.92. The maximum Gasteiger partial charge on any atom is 0.0149 e. The van der Waals surface area contributed by atoms with Crippen LogP contribution in [0.1, 0.15) is 113 Å². The Bertz CT molecular complexity index is 388. The topological polar surface area (TPSA) is 0 Å². The van der Waals surface area contributed by atoms with Gasteiger partial charge in [0.25, 0.3) is 0 Å². The molecule has 0 aliphatic heterocycles. The van der Waals surface area contributed by atoms with Crippen LogP contribution in [0, 0.1) is 35.5 Å². The van der Waals surface area contributed by atoms with E-state index in [4.69, 9.17) is 0 Å². The molecule has 0 nitrogen and oxygen atoms in total. The second-order valence-electron chi connectivity index (χ2n) is 8.58. The van der Waals surface area contributed by atoms with E-state index < -0.39 is 0 Å². The van der Waals surface area contributed by atoms with Gasteiger partial charge in [0.2, 0.25) is 0 Å². The summed E-state index contributed by atoms with van der Waals surface area (Å²) in [6, 6.07) is 0. The third-order valence-electron chi connectivity index (χ3n) is 5.13. The van der Waals surface area contributed by atoms with E-state index in [1.807, 2.05) is 0 Å². The van der Waals surface area contributed by atoms with Crippen molar-refractivity contribution in [1.82, 2.24) is 0 Å². The zero-order chi connectivity index (χ0) is 19.1. The zero-order valence-corrected chi connectivity index (χ0v) is 18.5. The highest BCUT2D eigenvalue weighted by molar-refractivity contribution is 5.29. The van der Waals surface area contributed by atoms with Gasteiger partial charge in [0.1, 0.15) is 0 Å². The summed E-state index contributed by atoms with van der Waals surface area (Å²) in [7, 11) is 0. The quantitative estimate of drug-likeness (QED) is 0.232. The molecular weight excluding hydrogens is 300 g/mol. The predicted octanol–water partition coefficient (Wildman–Crippen LogP) is 8.42. The highest BCUT2D eigenvalue weighted by Gasteiger charge is 2.22. The molecule has 0 saturated carbocycles. The molecule has 0 rings (SSSR count). The molecule has 0 radical (unpaired) electrons. The van der Waals surface area contributed by atoms with Crippen LogP contribution in [0.5, 0.6) is 0 Å². The Morgan fingerprint density at radius 1 is 0.840 bits per heavy atom. The molecule has 0 N–H and O–H groups in total. The second kappa shape index (κ2) is 15.5. The van der Waals surface area contributed by atoms with Gasteiger partial charge in [0.15, 0.2) is 0 Å². The van der Waals surface area contributed by atoms with Crippen molar-refractivity contribution >= 4 is 0 Å². The van der Waals surface area contributed by atoms with Crippen LogP contribution in [-0.4, -0.2) is 0 Å². The van der Waals surface area contributed by atoms with E-state index in [0.717, 1.165) is 17.8 Å². The summed E-state index contributed by atoms with van der Waals surface area (Å²) in [5.41, 5.74) is 1.37. The van der Waals surface area contributed by atoms with Crippen molar-refractivity contribution in [1.29, 1.82) is 0 Å². The van der Waals surface area contributed by atoms with Gasteiger partial charge < -0.3 is 0 Å². The monoisotopic (exact) mass is 346 g/mol. The highest BCUT2D eigenvalue weighted by atomic mass is 14.3. The van der Waals surface area contributed by atoms with Crippen LogP contribution >= 0.6 is 0 Å². The van der Waals surface area contributed by atoms with E-state index in [1.54, 1.807) is 0 Å². The molecule has 0 aliphatic carbocycles. The average Bonchev–Trinajstić information content (AvgIpc) is 2.56. The normalized spacial score (nSPS) is 14.5. The fraction of sp³-hybridized carbons (Fsp3) is 0.840. The molecule has 0 aromatic heterocycles. The minimum absolute atomic E-state index is 0.462. The maximum absolute atomic E-state index is 3.46. The summed E-state index contributed by atoms with van der Waals surface area (Å²) in [6.07, 6.45) is 15.9. The summed E-state index contributed by atoms with van der Waals surface area (Å²) in [5, 5.41) is 0. The van der Waals surface area contributed by atoms with Gasteiger partial charge in [0, 0.05) is 5.92 Å². The lowest BCUT2D eigenvalue weighted by Crippen LogP contribution is -2.18. The Morgan fingerprint density at radius 2 is 1.52 bits per heavy atom. The van der Waals surface area contributed by atoms with Crippen LogP contribution in [-0.2, 0) is 0 Å². The molecule has 0 aromatic rings. The van der Waals surface area contributed by atoms with Gasteiger partial charge in [-0.15, -0.1) is 0 Å². The first-order valence-electron chi connectivity index (χ1n) is 11.1. The fourth-order valence-corrected chi connectivity index (χ4v) is 3.81. The number of hydrogen-bond donors (Lipinski definition) is 0. The first-order valence-corrected chi connectivity index (χ1v) is 11.1. The van der Waals surface area contributed by atoms with E-state index in [1.165, 1.54) is 69.8 Å². The van der Waals surface area contributed by atoms with Crippen molar-refractivity contribution < 1.29 is 0 Å². The van der Waals surface area contributed by atoms with E-state index in [9.17, 15) is 0 Å². The lowest BCUT2D eigenvalue weighted by Gasteiger charge is -2.29. The largest absolute Gasteiger partial charge is 0.0954 e. The van der Waals surface area contributed by atoms with Crippen LogP contribution in [0.3, 0.4) is 0 Å². The Hall–Kier alpha value is -0.700. The van der Waals surface area contributed by atoms with Gasteiger partial charge in [0.05, 0.1) is 0 Å². The minimum Gasteiger partial charge on any atom is -0.0954 e. The first-order chi connectivity index (χ1) is 11.9. The smallest absolute Gasteiger partial charge is 0.0149 e. The van der Waals surface area contributed by atoms with E-state index in [0.29, 0.717) is 5.92 Å². The Labute approximate surface area is 160 Å². The molecule has 0 spiro atoms. The van der Waals surface area contributed by atoms with Crippen LogP contribution in [0.2, 0.25) is 0 Å². The zero-order valence-electron chi connectivity index (χ0n) is 18.5. The number of hydrogen-bond acceptors (Lipinski definition) is 0. The van der Waals surface area contributed by atoms with Crippen LogP contribution < -0.4 is 0 Å². The molecule has 0 fully saturated rings. The molecule has 0 heterocycles. The molecule has 0 amide bonds. The van der Waals surface area contributed by atoms with Crippen molar-refractivity contribution in [2.45, 2.75) is 113 Å². The van der Waals surface area contributed by atoms with Crippen molar-refractivity contribution in [2.24, 2.45) is 23.7 Å². The van der Waals surface area contributed by atoms with Gasteiger partial charge in [-0.2, -0.15) is 0 Å². The van der Waals surface area contributed by atoms with E-state index in [-0.39, 0.29) is 0 Å². The van der Waals surface area contributed by atoms with Crippen molar-refractivity contribution in [3.8, 4) is 11.8 Å². The van der Waals surface area contributed by atoms with Crippen molar-refractivity contribution in [3.05, 3.63) is 11.6 Å². The standard InChI is InChI=1S/C25H46/c1-8-11-12-13-14-16-24(15-9-2)25(19-22(6)7)20-23(10-3)18-17-21(4)5/h10,21-22,24-25H,8-9,11-16,19-20H2,1-7H3/b23-10+. The molecule has 2 atom stereocenters. The van der Waals surface area contributed by atoms with Crippen molar-refractivity contribution in [2.75, 3.05) is 0 Å². The maximum atomic E-state index is 3.46. The molecule has 146 valence electrons. The van der Waals surface area contributed by atoms with E-state index >= 15 is 0 Å². The molecule has 0 heteroatoms. The first kappa shape index (κ1) is 24.3. The molecule has 0 aromatic carbocycles. The van der Waals surface area contributed by atoms with Gasteiger partial charge >= 0.3 is 0 Å². The molecule has 0 saturated heterocycles. The minimum atomic E-state index is 0.462. The van der Waals surface area contributed by atoms with E-state index in [2.05, 4.69) is 66.4 Å².